The molecule has 0 amide bonds. The fourth-order valence-corrected chi connectivity index (χ4v) is 3.71. The second-order valence-electron chi connectivity index (χ2n) is 8.00. The minimum atomic E-state index is -0.591. The summed E-state index contributed by atoms with van der Waals surface area (Å²) in [6.07, 6.45) is 1.25. The maximum Gasteiger partial charge on any atom is 0.418 e. The topological polar surface area (TPSA) is 86.3 Å². The Labute approximate surface area is 188 Å². The Kier molecular flexibility index (Phi) is 5.41. The highest BCUT2D eigenvalue weighted by Crippen LogP contribution is 2.35. The van der Waals surface area contributed by atoms with Crippen molar-refractivity contribution < 1.29 is 9.53 Å². The maximum atomic E-state index is 12.7. The van der Waals surface area contributed by atoms with Crippen LogP contribution in [0.4, 0.5) is 22.2 Å². The van der Waals surface area contributed by atoms with Gasteiger partial charge in [-0.05, 0) is 62.7 Å². The Morgan fingerprint density at radius 1 is 1.06 bits per heavy atom. The number of aromatic nitrogens is 3. The van der Waals surface area contributed by atoms with Gasteiger partial charge in [0.2, 0.25) is 5.95 Å². The Morgan fingerprint density at radius 3 is 2.52 bits per heavy atom. The van der Waals surface area contributed by atoms with Gasteiger partial charge in [0.05, 0.1) is 33.0 Å². The summed E-state index contributed by atoms with van der Waals surface area (Å²) in [7, 11) is 0. The Balaban J connectivity index is 1.82. The normalized spacial score (nSPS) is 11.5. The summed E-state index contributed by atoms with van der Waals surface area (Å²) < 4.78 is 8.81. The third-order valence-corrected chi connectivity index (χ3v) is 5.24. The van der Waals surface area contributed by atoms with Crippen LogP contribution in [0, 0.1) is 0 Å². The fourth-order valence-electron chi connectivity index (χ4n) is 3.21. The average Bonchev–Trinajstić information content (AvgIpc) is 3.22. The summed E-state index contributed by atoms with van der Waals surface area (Å²) in [5, 5.41) is 0.782. The molecule has 158 valence electrons. The predicted octanol–water partition coefficient (Wildman–Crippen LogP) is 5.91. The van der Waals surface area contributed by atoms with Crippen molar-refractivity contribution in [2.24, 2.45) is 0 Å². The summed E-state index contributed by atoms with van der Waals surface area (Å²) in [5.74, 6) is 0.777. The monoisotopic (exact) mass is 479 g/mol. The van der Waals surface area contributed by atoms with E-state index < -0.39 is 11.7 Å². The number of carbonyl (C=O) groups is 1. The van der Waals surface area contributed by atoms with Crippen LogP contribution in [0.15, 0.2) is 66.9 Å². The van der Waals surface area contributed by atoms with E-state index in [0.717, 1.165) is 16.6 Å². The molecule has 2 heterocycles. The van der Waals surface area contributed by atoms with Crippen LogP contribution in [-0.4, -0.2) is 26.2 Å². The number of anilines is 3. The van der Waals surface area contributed by atoms with Gasteiger partial charge in [0.25, 0.3) is 0 Å². The van der Waals surface area contributed by atoms with Gasteiger partial charge < -0.3 is 10.5 Å². The number of nitrogen functional groups attached to an aromatic ring is 1. The smallest absolute Gasteiger partial charge is 0.418 e. The molecule has 0 radical (unpaired) electrons. The van der Waals surface area contributed by atoms with Crippen LogP contribution in [0.3, 0.4) is 0 Å². The highest BCUT2D eigenvalue weighted by Gasteiger charge is 2.21. The van der Waals surface area contributed by atoms with Crippen LogP contribution in [0.5, 0.6) is 0 Å². The molecule has 2 N–H and O–H groups in total. The van der Waals surface area contributed by atoms with Crippen LogP contribution >= 0.6 is 16.1 Å². The number of hydrogen-bond acceptors (Lipinski definition) is 6. The zero-order valence-electron chi connectivity index (χ0n) is 17.4. The molecule has 0 saturated carbocycles. The highest BCUT2D eigenvalue weighted by molar-refractivity contribution is 9.10. The van der Waals surface area contributed by atoms with E-state index in [1.807, 2.05) is 81.4 Å². The molecule has 4 aromatic rings. The van der Waals surface area contributed by atoms with E-state index >= 15 is 0 Å². The molecule has 31 heavy (non-hydrogen) atoms. The second kappa shape index (κ2) is 8.03. The Morgan fingerprint density at radius 2 is 1.81 bits per heavy atom. The van der Waals surface area contributed by atoms with Gasteiger partial charge in [-0.1, -0.05) is 24.3 Å². The van der Waals surface area contributed by atoms with E-state index in [0.29, 0.717) is 17.0 Å². The van der Waals surface area contributed by atoms with E-state index in [2.05, 4.69) is 26.1 Å². The largest absolute Gasteiger partial charge is 0.443 e. The molecule has 0 aliphatic carbocycles. The van der Waals surface area contributed by atoms with E-state index in [1.54, 1.807) is 10.1 Å². The first-order valence-corrected chi connectivity index (χ1v) is 10.4. The number of ether oxygens (including phenoxy) is 1. The van der Waals surface area contributed by atoms with Crippen LogP contribution in [0.2, 0.25) is 0 Å². The minimum Gasteiger partial charge on any atom is -0.443 e. The number of para-hydroxylation sites is 1. The standard InChI is InChI=1S/C23H22BrN5O2/c1-23(2,3)31-22(30)28-13-7-10-19(28)15-11-12-18-17(14-15)20(27-21(25)26-18)29(24)16-8-5-4-6-9-16/h4-14H,1-3H3,(H2,25,26,27). The molecule has 7 nitrogen and oxygen atoms in total. The number of benzene rings is 2. The van der Waals surface area contributed by atoms with E-state index in [9.17, 15) is 4.79 Å². The van der Waals surface area contributed by atoms with Crippen molar-refractivity contribution in [3.8, 4) is 11.3 Å². The van der Waals surface area contributed by atoms with Gasteiger partial charge in [0, 0.05) is 11.6 Å². The van der Waals surface area contributed by atoms with Crippen molar-refractivity contribution in [1.82, 2.24) is 14.5 Å². The molecule has 0 saturated heterocycles. The average molecular weight is 480 g/mol. The number of nitrogens with zero attached hydrogens (tertiary/aromatic N) is 4. The number of nitrogens with two attached hydrogens (primary N) is 1. The lowest BCUT2D eigenvalue weighted by Gasteiger charge is -2.21. The maximum absolute atomic E-state index is 12.7. The SMILES string of the molecule is CC(C)(C)OC(=O)n1cccc1-c1ccc2nc(N)nc(N(Br)c3ccccc3)c2c1. The van der Waals surface area contributed by atoms with Crippen molar-refractivity contribution in [1.29, 1.82) is 0 Å². The first kappa shape index (κ1) is 20.9. The molecule has 0 atom stereocenters. The summed E-state index contributed by atoms with van der Waals surface area (Å²) in [6, 6.07) is 19.1. The number of fused-ring (bicyclic) bond motifs is 1. The van der Waals surface area contributed by atoms with E-state index in [1.165, 1.54) is 4.57 Å². The van der Waals surface area contributed by atoms with E-state index in [4.69, 9.17) is 10.5 Å². The van der Waals surface area contributed by atoms with Gasteiger partial charge >= 0.3 is 6.09 Å². The third kappa shape index (κ3) is 4.39. The van der Waals surface area contributed by atoms with Crippen molar-refractivity contribution in [3.63, 3.8) is 0 Å². The summed E-state index contributed by atoms with van der Waals surface area (Å²) in [5.41, 5.74) is 8.49. The first-order chi connectivity index (χ1) is 14.7. The number of halogens is 1. The van der Waals surface area contributed by atoms with Gasteiger partial charge in [-0.15, -0.1) is 0 Å². The summed E-state index contributed by atoms with van der Waals surface area (Å²) in [6.45, 7) is 5.52. The molecular formula is C23H22BrN5O2. The van der Waals surface area contributed by atoms with E-state index in [-0.39, 0.29) is 5.95 Å². The van der Waals surface area contributed by atoms with Crippen LogP contribution in [-0.2, 0) is 4.74 Å². The number of rotatable bonds is 3. The van der Waals surface area contributed by atoms with Gasteiger partial charge in [-0.25, -0.2) is 9.78 Å². The predicted molar refractivity (Wildman–Crippen MR) is 127 cm³/mol. The van der Waals surface area contributed by atoms with Crippen molar-refractivity contribution in [2.75, 3.05) is 9.66 Å². The zero-order valence-corrected chi connectivity index (χ0v) is 19.0. The molecule has 8 heteroatoms. The molecule has 0 aliphatic rings. The van der Waals surface area contributed by atoms with Crippen LogP contribution < -0.4 is 9.66 Å². The molecule has 2 aromatic carbocycles. The molecule has 0 fully saturated rings. The lowest BCUT2D eigenvalue weighted by molar-refractivity contribution is 0.0540. The molecule has 0 bridgehead atoms. The quantitative estimate of drug-likeness (QED) is 0.367. The molecule has 0 aliphatic heterocycles. The van der Waals surface area contributed by atoms with Gasteiger partial charge in [-0.3, -0.25) is 8.49 Å². The molecule has 0 spiro atoms. The van der Waals surface area contributed by atoms with Crippen molar-refractivity contribution in [3.05, 3.63) is 66.9 Å². The first-order valence-electron chi connectivity index (χ1n) is 9.72. The second-order valence-corrected chi connectivity index (χ2v) is 8.71. The zero-order chi connectivity index (χ0) is 22.2. The van der Waals surface area contributed by atoms with Crippen molar-refractivity contribution in [2.45, 2.75) is 26.4 Å². The van der Waals surface area contributed by atoms with Crippen molar-refractivity contribution >= 4 is 50.6 Å². The summed E-state index contributed by atoms with van der Waals surface area (Å²) >= 11 is 3.60. The Bertz CT molecular complexity index is 1250. The molecule has 2 aromatic heterocycles. The van der Waals surface area contributed by atoms with Crippen LogP contribution in [0.25, 0.3) is 22.2 Å². The van der Waals surface area contributed by atoms with Gasteiger partial charge in [0.15, 0.2) is 5.82 Å². The lowest BCUT2D eigenvalue weighted by Crippen LogP contribution is -2.27. The number of carbonyl (C=O) groups excluding carboxylic acids is 1. The highest BCUT2D eigenvalue weighted by atomic mass is 79.9. The molecule has 0 unspecified atom stereocenters. The van der Waals surface area contributed by atoms with Crippen LogP contribution in [0.1, 0.15) is 20.8 Å². The third-order valence-electron chi connectivity index (χ3n) is 4.50. The van der Waals surface area contributed by atoms with Gasteiger partial charge in [0.1, 0.15) is 5.60 Å². The number of hydrogen-bond donors (Lipinski definition) is 1. The fraction of sp³-hybridized carbons (Fsp3) is 0.174. The molecular weight excluding hydrogens is 458 g/mol. The minimum absolute atomic E-state index is 0.174. The summed E-state index contributed by atoms with van der Waals surface area (Å²) in [4.78, 5) is 21.5. The van der Waals surface area contributed by atoms with Gasteiger partial charge in [-0.2, -0.15) is 4.98 Å². The Hall–Kier alpha value is -3.39. The lowest BCUT2D eigenvalue weighted by atomic mass is 10.1. The molecule has 4 rings (SSSR count).